The summed E-state index contributed by atoms with van der Waals surface area (Å²) in [5.74, 6) is 0.0474. The number of aromatic nitrogens is 1. The molecule has 18 heavy (non-hydrogen) atoms. The van der Waals surface area contributed by atoms with Gasteiger partial charge in [-0.05, 0) is 31.4 Å². The van der Waals surface area contributed by atoms with E-state index < -0.39 is 0 Å². The molecular formula is C14H20N2O2. The number of pyridine rings is 1. The van der Waals surface area contributed by atoms with Crippen LogP contribution >= 0.6 is 0 Å². The van der Waals surface area contributed by atoms with Gasteiger partial charge in [-0.1, -0.05) is 13.0 Å². The van der Waals surface area contributed by atoms with Gasteiger partial charge in [-0.3, -0.25) is 14.8 Å². The Morgan fingerprint density at radius 3 is 2.78 bits per heavy atom. The van der Waals surface area contributed by atoms with Gasteiger partial charge in [-0.2, -0.15) is 0 Å². The lowest BCUT2D eigenvalue weighted by Gasteiger charge is -2.12. The predicted octanol–water partition coefficient (Wildman–Crippen LogP) is 2.48. The Hall–Kier alpha value is -1.71. The van der Waals surface area contributed by atoms with Crippen molar-refractivity contribution < 1.29 is 9.53 Å². The Bertz CT molecular complexity index is 402. The second kappa shape index (κ2) is 7.58. The molecule has 0 bridgehead atoms. The molecule has 0 aliphatic carbocycles. The first-order valence-corrected chi connectivity index (χ1v) is 6.20. The summed E-state index contributed by atoms with van der Waals surface area (Å²) >= 11 is 0. The number of carbonyl (C=O) groups excluding carboxylic acids is 1. The average molecular weight is 248 g/mol. The van der Waals surface area contributed by atoms with Crippen molar-refractivity contribution in [2.24, 2.45) is 10.9 Å². The van der Waals surface area contributed by atoms with E-state index in [0.717, 1.165) is 17.8 Å². The first-order valence-electron chi connectivity index (χ1n) is 6.20. The van der Waals surface area contributed by atoms with Crippen LogP contribution in [-0.4, -0.2) is 30.3 Å². The van der Waals surface area contributed by atoms with Crippen molar-refractivity contribution in [1.29, 1.82) is 0 Å². The van der Waals surface area contributed by atoms with Crippen LogP contribution in [0.5, 0.6) is 0 Å². The monoisotopic (exact) mass is 248 g/mol. The van der Waals surface area contributed by atoms with E-state index in [9.17, 15) is 4.79 Å². The van der Waals surface area contributed by atoms with Crippen molar-refractivity contribution >= 4 is 11.7 Å². The van der Waals surface area contributed by atoms with Gasteiger partial charge in [0.25, 0.3) is 0 Å². The topological polar surface area (TPSA) is 51.5 Å². The van der Waals surface area contributed by atoms with E-state index in [-0.39, 0.29) is 11.9 Å². The highest BCUT2D eigenvalue weighted by Crippen LogP contribution is 2.13. The van der Waals surface area contributed by atoms with Gasteiger partial charge in [0.2, 0.25) is 0 Å². The zero-order valence-corrected chi connectivity index (χ0v) is 11.2. The van der Waals surface area contributed by atoms with E-state index in [4.69, 9.17) is 4.74 Å². The first-order chi connectivity index (χ1) is 8.67. The van der Waals surface area contributed by atoms with Crippen LogP contribution in [0.25, 0.3) is 0 Å². The summed E-state index contributed by atoms with van der Waals surface area (Å²) in [6.45, 7) is 4.26. The minimum absolute atomic E-state index is 0.151. The van der Waals surface area contributed by atoms with Crippen LogP contribution in [0.1, 0.15) is 32.4 Å². The molecule has 1 aromatic rings. The maximum atomic E-state index is 11.4. The molecule has 0 spiro atoms. The minimum atomic E-state index is -0.151. The second-order valence-corrected chi connectivity index (χ2v) is 4.20. The highest BCUT2D eigenvalue weighted by molar-refractivity contribution is 5.99. The van der Waals surface area contributed by atoms with Crippen LogP contribution in [0, 0.1) is 5.92 Å². The molecule has 1 heterocycles. The Morgan fingerprint density at radius 1 is 1.44 bits per heavy atom. The van der Waals surface area contributed by atoms with Crippen LogP contribution in [0.4, 0.5) is 0 Å². The highest BCUT2D eigenvalue weighted by Gasteiger charge is 2.14. The number of ether oxygens (including phenoxy) is 1. The van der Waals surface area contributed by atoms with Crippen molar-refractivity contribution in [2.75, 3.05) is 13.7 Å². The average Bonchev–Trinajstić information content (AvgIpc) is 2.37. The summed E-state index contributed by atoms with van der Waals surface area (Å²) < 4.78 is 4.94. The molecule has 98 valence electrons. The lowest BCUT2D eigenvalue weighted by molar-refractivity contribution is -0.144. The maximum Gasteiger partial charge on any atom is 0.306 e. The van der Waals surface area contributed by atoms with E-state index in [1.165, 1.54) is 0 Å². The molecule has 1 rings (SSSR count). The van der Waals surface area contributed by atoms with Crippen LogP contribution in [0.2, 0.25) is 0 Å². The number of nitrogens with zero attached hydrogens (tertiary/aromatic N) is 2. The molecule has 0 saturated heterocycles. The smallest absolute Gasteiger partial charge is 0.306 e. The Kier molecular flexibility index (Phi) is 6.05. The molecule has 1 aromatic heterocycles. The molecule has 0 aromatic carbocycles. The Morgan fingerprint density at radius 2 is 2.22 bits per heavy atom. The quantitative estimate of drug-likeness (QED) is 0.574. The van der Waals surface area contributed by atoms with Gasteiger partial charge in [0, 0.05) is 19.7 Å². The fraction of sp³-hybridized carbons (Fsp3) is 0.500. The zero-order chi connectivity index (χ0) is 13.4. The lowest BCUT2D eigenvalue weighted by Crippen LogP contribution is -2.14. The second-order valence-electron chi connectivity index (χ2n) is 4.20. The molecule has 0 amide bonds. The van der Waals surface area contributed by atoms with Crippen molar-refractivity contribution in [3.63, 3.8) is 0 Å². The summed E-state index contributed by atoms with van der Waals surface area (Å²) in [5, 5.41) is 0. The lowest BCUT2D eigenvalue weighted by atomic mass is 9.98. The number of rotatable bonds is 6. The third-order valence-corrected chi connectivity index (χ3v) is 2.59. The van der Waals surface area contributed by atoms with Gasteiger partial charge in [-0.25, -0.2) is 0 Å². The molecule has 0 radical (unpaired) electrons. The Labute approximate surface area is 108 Å². The zero-order valence-electron chi connectivity index (χ0n) is 11.2. The Balaban J connectivity index is 2.57. The summed E-state index contributed by atoms with van der Waals surface area (Å²) in [6, 6.07) is 5.74. The number of hydrogen-bond donors (Lipinski definition) is 0. The van der Waals surface area contributed by atoms with E-state index in [2.05, 4.69) is 9.98 Å². The maximum absolute atomic E-state index is 11.4. The summed E-state index contributed by atoms with van der Waals surface area (Å²) in [7, 11) is 1.75. The predicted molar refractivity (Wildman–Crippen MR) is 71.7 cm³/mol. The number of esters is 1. The van der Waals surface area contributed by atoms with Gasteiger partial charge >= 0.3 is 5.97 Å². The molecule has 1 atom stereocenters. The number of carbonyl (C=O) groups is 1. The third kappa shape index (κ3) is 4.65. The summed E-state index contributed by atoms with van der Waals surface area (Å²) in [4.78, 5) is 19.9. The van der Waals surface area contributed by atoms with E-state index in [1.54, 1.807) is 13.2 Å². The van der Waals surface area contributed by atoms with Crippen LogP contribution < -0.4 is 0 Å². The molecule has 0 N–H and O–H groups in total. The number of hydrogen-bond acceptors (Lipinski definition) is 4. The molecule has 4 nitrogen and oxygen atoms in total. The fourth-order valence-electron chi connectivity index (χ4n) is 1.75. The molecule has 0 aliphatic heterocycles. The highest BCUT2D eigenvalue weighted by atomic mass is 16.5. The molecule has 0 unspecified atom stereocenters. The van der Waals surface area contributed by atoms with Gasteiger partial charge in [-0.15, -0.1) is 0 Å². The first kappa shape index (κ1) is 14.4. The summed E-state index contributed by atoms with van der Waals surface area (Å²) in [5.41, 5.74) is 1.79. The van der Waals surface area contributed by atoms with Crippen molar-refractivity contribution in [3.8, 4) is 0 Å². The third-order valence-electron chi connectivity index (χ3n) is 2.59. The fourth-order valence-corrected chi connectivity index (χ4v) is 1.75. The minimum Gasteiger partial charge on any atom is -0.466 e. The van der Waals surface area contributed by atoms with Gasteiger partial charge in [0.05, 0.1) is 18.0 Å². The van der Waals surface area contributed by atoms with Crippen molar-refractivity contribution in [2.45, 2.75) is 26.7 Å². The van der Waals surface area contributed by atoms with E-state index in [1.807, 2.05) is 32.0 Å². The van der Waals surface area contributed by atoms with E-state index in [0.29, 0.717) is 13.0 Å². The molecular weight excluding hydrogens is 228 g/mol. The molecule has 0 fully saturated rings. The van der Waals surface area contributed by atoms with Crippen LogP contribution in [-0.2, 0) is 9.53 Å². The van der Waals surface area contributed by atoms with E-state index >= 15 is 0 Å². The molecule has 0 saturated carbocycles. The van der Waals surface area contributed by atoms with Crippen LogP contribution in [0.3, 0.4) is 0 Å². The van der Waals surface area contributed by atoms with Gasteiger partial charge in [0.15, 0.2) is 0 Å². The SMILES string of the molecule is CCOC(=O)C[C@@H](C)CC(=NC)c1ccccn1. The number of aliphatic imine (C=N–C) groups is 1. The molecule has 0 aliphatic rings. The van der Waals surface area contributed by atoms with Gasteiger partial charge < -0.3 is 4.74 Å². The molecule has 4 heteroatoms. The van der Waals surface area contributed by atoms with Gasteiger partial charge in [0.1, 0.15) is 0 Å². The standard InChI is InChI=1S/C14H20N2O2/c1-4-18-14(17)10-11(2)9-13(15-3)12-7-5-6-8-16-12/h5-8,11H,4,9-10H2,1-3H3/t11-/m0/s1. The normalized spacial score (nSPS) is 13.2. The van der Waals surface area contributed by atoms with Crippen molar-refractivity contribution in [3.05, 3.63) is 30.1 Å². The van der Waals surface area contributed by atoms with Crippen LogP contribution in [0.15, 0.2) is 29.4 Å². The largest absolute Gasteiger partial charge is 0.466 e. The summed E-state index contributed by atoms with van der Waals surface area (Å²) in [6.07, 6.45) is 2.89. The van der Waals surface area contributed by atoms with Crippen molar-refractivity contribution in [1.82, 2.24) is 4.98 Å².